The van der Waals surface area contributed by atoms with Crippen LogP contribution in [-0.2, 0) is 18.7 Å². The van der Waals surface area contributed by atoms with Crippen molar-refractivity contribution in [2.75, 3.05) is 5.75 Å². The molecule has 3 nitrogen and oxygen atoms in total. The van der Waals surface area contributed by atoms with Gasteiger partial charge in [0, 0.05) is 24.3 Å². The first-order chi connectivity index (χ1) is 6.36. The number of fused-ring (bicyclic) bond motifs is 1. The largest absolute Gasteiger partial charge is 0.296 e. The summed E-state index contributed by atoms with van der Waals surface area (Å²) in [6, 6.07) is 0. The van der Waals surface area contributed by atoms with Crippen LogP contribution in [-0.4, -0.2) is 21.8 Å². The summed E-state index contributed by atoms with van der Waals surface area (Å²) in [4.78, 5) is 10.8. The fraction of sp³-hybridized carbons (Fsp3) is 0.556. The summed E-state index contributed by atoms with van der Waals surface area (Å²) >= 11 is 1.88. The van der Waals surface area contributed by atoms with Gasteiger partial charge in [0.05, 0.1) is 5.69 Å². The predicted molar refractivity (Wildman–Crippen MR) is 53.2 cm³/mol. The number of nitrogens with zero attached hydrogens (tertiary/aromatic N) is 2. The number of rotatable bonds is 2. The van der Waals surface area contributed by atoms with Gasteiger partial charge in [-0.15, -0.1) is 0 Å². The van der Waals surface area contributed by atoms with Crippen molar-refractivity contribution in [2.24, 2.45) is 0 Å². The highest BCUT2D eigenvalue weighted by Gasteiger charge is 2.19. The highest BCUT2D eigenvalue weighted by atomic mass is 32.2. The molecular weight excluding hydrogens is 184 g/mol. The van der Waals surface area contributed by atoms with Gasteiger partial charge >= 0.3 is 0 Å². The molecule has 2 rings (SSSR count). The number of carbonyl (C=O) groups is 1. The molecule has 0 radical (unpaired) electrons. The Balaban J connectivity index is 2.50. The summed E-state index contributed by atoms with van der Waals surface area (Å²) in [5.41, 5.74) is 3.07. The zero-order valence-corrected chi connectivity index (χ0v) is 8.43. The first-order valence-electron chi connectivity index (χ1n) is 4.48. The fourth-order valence-electron chi connectivity index (χ4n) is 1.64. The van der Waals surface area contributed by atoms with E-state index in [-0.39, 0.29) is 0 Å². The molecule has 0 bridgehead atoms. The Morgan fingerprint density at radius 2 is 2.54 bits per heavy atom. The predicted octanol–water partition coefficient (Wildman–Crippen LogP) is 1.50. The number of aldehydes is 1. The lowest BCUT2D eigenvalue weighted by molar-refractivity contribution is 0.111. The van der Waals surface area contributed by atoms with Gasteiger partial charge in [-0.2, -0.15) is 16.9 Å². The molecule has 70 valence electrons. The van der Waals surface area contributed by atoms with Crippen molar-refractivity contribution in [1.82, 2.24) is 9.78 Å². The van der Waals surface area contributed by atoms with Gasteiger partial charge in [0.1, 0.15) is 5.69 Å². The third-order valence-electron chi connectivity index (χ3n) is 2.32. The minimum absolute atomic E-state index is 0.782. The molecule has 1 aliphatic rings. The summed E-state index contributed by atoms with van der Waals surface area (Å²) in [7, 11) is 0. The molecule has 0 atom stereocenters. The Bertz CT molecular complexity index is 333. The lowest BCUT2D eigenvalue weighted by atomic mass is 10.2. The van der Waals surface area contributed by atoms with Gasteiger partial charge in [-0.1, -0.05) is 0 Å². The molecule has 13 heavy (non-hydrogen) atoms. The van der Waals surface area contributed by atoms with E-state index in [4.69, 9.17) is 0 Å². The fourth-order valence-corrected chi connectivity index (χ4v) is 2.64. The normalized spacial score (nSPS) is 15.5. The van der Waals surface area contributed by atoms with E-state index in [0.717, 1.165) is 47.7 Å². The second-order valence-electron chi connectivity index (χ2n) is 3.05. The van der Waals surface area contributed by atoms with Crippen LogP contribution < -0.4 is 0 Å². The zero-order valence-electron chi connectivity index (χ0n) is 7.62. The number of thioether (sulfide) groups is 1. The van der Waals surface area contributed by atoms with Gasteiger partial charge in [0.15, 0.2) is 6.29 Å². The molecule has 4 heteroatoms. The summed E-state index contributed by atoms with van der Waals surface area (Å²) < 4.78 is 1.81. The summed E-state index contributed by atoms with van der Waals surface area (Å²) in [6.45, 7) is 2.80. The van der Waals surface area contributed by atoms with E-state index in [0.29, 0.717) is 0 Å². The maximum Gasteiger partial charge on any atom is 0.168 e. The number of carbonyl (C=O) groups excluding carboxylic acids is 1. The molecular formula is C9H12N2OS. The minimum Gasteiger partial charge on any atom is -0.296 e. The lowest BCUT2D eigenvalue weighted by Gasteiger charge is -2.08. The van der Waals surface area contributed by atoms with Crippen molar-refractivity contribution in [3.05, 3.63) is 17.0 Å². The SMILES string of the molecule is CCn1nc2c(c1C=O)CSCC2. The standard InChI is InChI=1S/C9H12N2OS/c1-2-11-9(5-12)7-6-13-4-3-8(7)10-11/h5H,2-4,6H2,1H3. The van der Waals surface area contributed by atoms with Crippen LogP contribution >= 0.6 is 11.8 Å². The van der Waals surface area contributed by atoms with E-state index in [1.165, 1.54) is 0 Å². The molecule has 1 aromatic heterocycles. The smallest absolute Gasteiger partial charge is 0.168 e. The summed E-state index contributed by atoms with van der Waals surface area (Å²) in [6.07, 6.45) is 1.94. The van der Waals surface area contributed by atoms with E-state index in [1.54, 1.807) is 0 Å². The van der Waals surface area contributed by atoms with E-state index < -0.39 is 0 Å². The van der Waals surface area contributed by atoms with E-state index in [2.05, 4.69) is 5.10 Å². The van der Waals surface area contributed by atoms with Crippen molar-refractivity contribution < 1.29 is 4.79 Å². The molecule has 0 saturated carbocycles. The van der Waals surface area contributed by atoms with Crippen LogP contribution in [0.4, 0.5) is 0 Å². The number of aryl methyl sites for hydroxylation is 2. The molecule has 0 amide bonds. The molecule has 0 fully saturated rings. The van der Waals surface area contributed by atoms with E-state index >= 15 is 0 Å². The molecule has 0 spiro atoms. The Morgan fingerprint density at radius 1 is 1.69 bits per heavy atom. The topological polar surface area (TPSA) is 34.9 Å². The zero-order chi connectivity index (χ0) is 9.26. The van der Waals surface area contributed by atoms with Gasteiger partial charge in [-0.25, -0.2) is 0 Å². The highest BCUT2D eigenvalue weighted by Crippen LogP contribution is 2.26. The molecule has 0 aromatic carbocycles. The Labute approximate surface area is 81.5 Å². The molecule has 0 saturated heterocycles. The Hall–Kier alpha value is -0.770. The molecule has 2 heterocycles. The summed E-state index contributed by atoms with van der Waals surface area (Å²) in [5, 5.41) is 4.41. The van der Waals surface area contributed by atoms with E-state index in [9.17, 15) is 4.79 Å². The number of hydrogen-bond acceptors (Lipinski definition) is 3. The van der Waals surface area contributed by atoms with Crippen molar-refractivity contribution in [2.45, 2.75) is 25.6 Å². The van der Waals surface area contributed by atoms with Crippen LogP contribution in [0.3, 0.4) is 0 Å². The van der Waals surface area contributed by atoms with Crippen molar-refractivity contribution in [3.8, 4) is 0 Å². The van der Waals surface area contributed by atoms with Crippen LogP contribution in [0.15, 0.2) is 0 Å². The van der Waals surface area contributed by atoms with Crippen LogP contribution in [0.25, 0.3) is 0 Å². The number of aromatic nitrogens is 2. The van der Waals surface area contributed by atoms with Crippen LogP contribution in [0, 0.1) is 0 Å². The molecule has 0 aliphatic carbocycles. The van der Waals surface area contributed by atoms with Crippen molar-refractivity contribution >= 4 is 18.0 Å². The maximum absolute atomic E-state index is 10.8. The molecule has 0 unspecified atom stereocenters. The average Bonchev–Trinajstić information content (AvgIpc) is 2.55. The van der Waals surface area contributed by atoms with Crippen LogP contribution in [0.2, 0.25) is 0 Å². The van der Waals surface area contributed by atoms with Crippen molar-refractivity contribution in [1.29, 1.82) is 0 Å². The quantitative estimate of drug-likeness (QED) is 0.672. The van der Waals surface area contributed by atoms with Gasteiger partial charge in [0.25, 0.3) is 0 Å². The van der Waals surface area contributed by atoms with Crippen LogP contribution in [0.1, 0.15) is 28.7 Å². The maximum atomic E-state index is 10.8. The Kier molecular flexibility index (Phi) is 2.40. The minimum atomic E-state index is 0.782. The van der Waals surface area contributed by atoms with Gasteiger partial charge < -0.3 is 0 Å². The highest BCUT2D eigenvalue weighted by molar-refractivity contribution is 7.98. The monoisotopic (exact) mass is 196 g/mol. The molecule has 1 aliphatic heterocycles. The first kappa shape index (κ1) is 8.81. The molecule has 0 N–H and O–H groups in total. The lowest BCUT2D eigenvalue weighted by Crippen LogP contribution is -2.02. The average molecular weight is 196 g/mol. The Morgan fingerprint density at radius 3 is 3.23 bits per heavy atom. The molecule has 1 aromatic rings. The van der Waals surface area contributed by atoms with E-state index in [1.807, 2.05) is 23.4 Å². The van der Waals surface area contributed by atoms with Crippen molar-refractivity contribution in [3.63, 3.8) is 0 Å². The van der Waals surface area contributed by atoms with Gasteiger partial charge in [0.2, 0.25) is 0 Å². The third-order valence-corrected chi connectivity index (χ3v) is 3.30. The first-order valence-corrected chi connectivity index (χ1v) is 5.63. The number of hydrogen-bond donors (Lipinski definition) is 0. The van der Waals surface area contributed by atoms with Gasteiger partial charge in [-0.3, -0.25) is 9.48 Å². The van der Waals surface area contributed by atoms with Crippen LogP contribution in [0.5, 0.6) is 0 Å². The summed E-state index contributed by atoms with van der Waals surface area (Å²) in [5.74, 6) is 2.08. The second kappa shape index (κ2) is 3.54. The van der Waals surface area contributed by atoms with Gasteiger partial charge in [-0.05, 0) is 12.7 Å². The third kappa shape index (κ3) is 1.39. The second-order valence-corrected chi connectivity index (χ2v) is 4.15.